The number of anilines is 2. The Kier molecular flexibility index (Phi) is 7.69. The molecule has 0 aliphatic heterocycles. The van der Waals surface area contributed by atoms with Crippen LogP contribution in [0.1, 0.15) is 45.1 Å². The first-order valence-corrected chi connectivity index (χ1v) is 13.3. The third kappa shape index (κ3) is 5.29. The standard InChI is InChI=1S/C30H31N9O3/c1-5-14-32-28-25(26(31)36-38(28)4)29(41)34-18(2)27-35-22-13-9-10-19(15-23(40)20-16-33-37(3)17-20)24(22)30(42)39(27)21-11-7-6-8-12-21/h5-13,16-18,32H,1,14-15H2,2-4H3,(H2,31,36)(H,34,41). The van der Waals surface area contributed by atoms with Gasteiger partial charge in [-0.15, -0.1) is 6.58 Å². The molecule has 0 aliphatic rings. The van der Waals surface area contributed by atoms with Gasteiger partial charge in [-0.25, -0.2) is 4.98 Å². The first-order chi connectivity index (χ1) is 20.2. The van der Waals surface area contributed by atoms with Crippen LogP contribution in [0, 0.1) is 0 Å². The van der Waals surface area contributed by atoms with Crippen LogP contribution in [0.5, 0.6) is 0 Å². The zero-order valence-electron chi connectivity index (χ0n) is 23.5. The summed E-state index contributed by atoms with van der Waals surface area (Å²) >= 11 is 0. The van der Waals surface area contributed by atoms with Gasteiger partial charge in [-0.2, -0.15) is 10.2 Å². The largest absolute Gasteiger partial charge is 0.381 e. The zero-order chi connectivity index (χ0) is 30.0. The molecule has 1 amide bonds. The van der Waals surface area contributed by atoms with E-state index in [0.717, 1.165) is 0 Å². The van der Waals surface area contributed by atoms with Crippen molar-refractivity contribution in [3.63, 3.8) is 0 Å². The number of rotatable bonds is 10. The number of fused-ring (bicyclic) bond motifs is 1. The second-order valence-electron chi connectivity index (χ2n) is 9.86. The van der Waals surface area contributed by atoms with Gasteiger partial charge in [-0.3, -0.25) is 28.3 Å². The van der Waals surface area contributed by atoms with E-state index in [2.05, 4.69) is 27.4 Å². The van der Waals surface area contributed by atoms with Gasteiger partial charge in [0.1, 0.15) is 17.2 Å². The maximum Gasteiger partial charge on any atom is 0.266 e. The Labute approximate surface area is 241 Å². The molecule has 0 saturated heterocycles. The van der Waals surface area contributed by atoms with Gasteiger partial charge in [-0.05, 0) is 30.7 Å². The minimum atomic E-state index is -0.720. The normalized spacial score (nSPS) is 11.8. The minimum Gasteiger partial charge on any atom is -0.381 e. The number of hydrogen-bond acceptors (Lipinski definition) is 8. The van der Waals surface area contributed by atoms with Gasteiger partial charge in [0.2, 0.25) is 0 Å². The molecule has 3 aromatic heterocycles. The second-order valence-corrected chi connectivity index (χ2v) is 9.86. The molecule has 0 saturated carbocycles. The van der Waals surface area contributed by atoms with Crippen molar-refractivity contribution in [2.45, 2.75) is 19.4 Å². The summed E-state index contributed by atoms with van der Waals surface area (Å²) in [5, 5.41) is 14.6. The molecular formula is C30H31N9O3. The summed E-state index contributed by atoms with van der Waals surface area (Å²) in [7, 11) is 3.41. The molecule has 5 rings (SSSR count). The number of aromatic nitrogens is 6. The monoisotopic (exact) mass is 565 g/mol. The Balaban J connectivity index is 1.59. The highest BCUT2D eigenvalue weighted by Crippen LogP contribution is 2.25. The van der Waals surface area contributed by atoms with Crippen LogP contribution in [0.15, 0.2) is 78.4 Å². The van der Waals surface area contributed by atoms with Gasteiger partial charge >= 0.3 is 0 Å². The van der Waals surface area contributed by atoms with Gasteiger partial charge in [-0.1, -0.05) is 36.4 Å². The Morgan fingerprint density at radius 2 is 1.88 bits per heavy atom. The van der Waals surface area contributed by atoms with Crippen LogP contribution < -0.4 is 21.9 Å². The lowest BCUT2D eigenvalue weighted by atomic mass is 10.0. The second kappa shape index (κ2) is 11.5. The fraction of sp³-hybridized carbons (Fsp3) is 0.200. The maximum atomic E-state index is 14.2. The molecule has 4 N–H and O–H groups in total. The minimum absolute atomic E-state index is 0.00114. The molecule has 0 aliphatic carbocycles. The highest BCUT2D eigenvalue weighted by Gasteiger charge is 2.26. The maximum absolute atomic E-state index is 14.2. The highest BCUT2D eigenvalue weighted by molar-refractivity contribution is 6.03. The number of hydrogen-bond donors (Lipinski definition) is 3. The van der Waals surface area contributed by atoms with Crippen molar-refractivity contribution in [2.75, 3.05) is 17.6 Å². The van der Waals surface area contributed by atoms with Gasteiger partial charge in [0, 0.05) is 33.3 Å². The number of nitrogens with two attached hydrogens (primary N) is 1. The summed E-state index contributed by atoms with van der Waals surface area (Å²) in [4.78, 5) is 45.6. The van der Waals surface area contributed by atoms with E-state index in [9.17, 15) is 14.4 Å². The van der Waals surface area contributed by atoms with Crippen molar-refractivity contribution >= 4 is 34.2 Å². The van der Waals surface area contributed by atoms with E-state index in [0.29, 0.717) is 45.9 Å². The quantitative estimate of drug-likeness (QED) is 0.172. The zero-order valence-corrected chi connectivity index (χ0v) is 23.5. The Morgan fingerprint density at radius 1 is 1.12 bits per heavy atom. The van der Waals surface area contributed by atoms with Crippen molar-refractivity contribution in [1.82, 2.24) is 34.4 Å². The van der Waals surface area contributed by atoms with Gasteiger partial charge in [0.15, 0.2) is 11.6 Å². The van der Waals surface area contributed by atoms with Crippen LogP contribution in [0.2, 0.25) is 0 Å². The van der Waals surface area contributed by atoms with E-state index in [1.165, 1.54) is 15.4 Å². The molecule has 12 nitrogen and oxygen atoms in total. The first kappa shape index (κ1) is 28.0. The first-order valence-electron chi connectivity index (χ1n) is 13.3. The molecule has 2 aromatic carbocycles. The number of nitrogens with zero attached hydrogens (tertiary/aromatic N) is 6. The molecule has 214 valence electrons. The van der Waals surface area contributed by atoms with E-state index >= 15 is 0 Å². The summed E-state index contributed by atoms with van der Waals surface area (Å²) in [6.45, 7) is 5.84. The van der Waals surface area contributed by atoms with Gasteiger partial charge in [0.25, 0.3) is 11.5 Å². The number of carbonyl (C=O) groups excluding carboxylic acids is 2. The predicted octanol–water partition coefficient (Wildman–Crippen LogP) is 2.95. The van der Waals surface area contributed by atoms with Crippen molar-refractivity contribution in [1.29, 1.82) is 0 Å². The van der Waals surface area contributed by atoms with E-state index < -0.39 is 11.9 Å². The molecule has 1 atom stereocenters. The topological polar surface area (TPSA) is 155 Å². The molecule has 0 radical (unpaired) electrons. The number of carbonyl (C=O) groups is 2. The van der Waals surface area contributed by atoms with Gasteiger partial charge < -0.3 is 16.4 Å². The third-order valence-corrected chi connectivity index (χ3v) is 6.85. The summed E-state index contributed by atoms with van der Waals surface area (Å²) in [6.07, 6.45) is 4.80. The highest BCUT2D eigenvalue weighted by atomic mass is 16.2. The van der Waals surface area contributed by atoms with Crippen LogP contribution in [0.25, 0.3) is 16.6 Å². The number of nitrogen functional groups attached to an aromatic ring is 1. The van der Waals surface area contributed by atoms with Crippen LogP contribution in [0.4, 0.5) is 11.6 Å². The van der Waals surface area contributed by atoms with E-state index in [-0.39, 0.29) is 29.1 Å². The van der Waals surface area contributed by atoms with Crippen LogP contribution in [0.3, 0.4) is 0 Å². The lowest BCUT2D eigenvalue weighted by molar-refractivity contribution is 0.0938. The fourth-order valence-electron chi connectivity index (χ4n) is 4.89. The predicted molar refractivity (Wildman–Crippen MR) is 161 cm³/mol. The average molecular weight is 566 g/mol. The number of amides is 1. The molecule has 12 heteroatoms. The summed E-state index contributed by atoms with van der Waals surface area (Å²) < 4.78 is 4.51. The summed E-state index contributed by atoms with van der Waals surface area (Å²) in [6, 6.07) is 13.5. The molecule has 3 heterocycles. The number of para-hydroxylation sites is 1. The molecule has 42 heavy (non-hydrogen) atoms. The summed E-state index contributed by atoms with van der Waals surface area (Å²) in [5.74, 6) is 0.159. The van der Waals surface area contributed by atoms with E-state index in [4.69, 9.17) is 10.7 Å². The molecule has 0 spiro atoms. The molecule has 0 fully saturated rings. The van der Waals surface area contributed by atoms with Crippen molar-refractivity contribution < 1.29 is 9.59 Å². The number of Topliss-reactive ketones (excluding diaryl/α,β-unsaturated/α-hetero) is 1. The molecule has 5 aromatic rings. The number of nitrogens with one attached hydrogen (secondary N) is 2. The van der Waals surface area contributed by atoms with Crippen molar-refractivity contribution in [3.8, 4) is 5.69 Å². The average Bonchev–Trinajstić information content (AvgIpc) is 3.53. The number of aryl methyl sites for hydroxylation is 2. The van der Waals surface area contributed by atoms with E-state index in [1.54, 1.807) is 68.3 Å². The lowest BCUT2D eigenvalue weighted by Crippen LogP contribution is -2.34. The molecular weight excluding hydrogens is 534 g/mol. The fourth-order valence-corrected chi connectivity index (χ4v) is 4.89. The van der Waals surface area contributed by atoms with E-state index in [1.807, 2.05) is 18.2 Å². The Hall–Kier alpha value is -5.52. The number of benzene rings is 2. The SMILES string of the molecule is C=CCNc1c(C(=O)NC(C)c2nc3cccc(CC(=O)c4cnn(C)c4)c3c(=O)n2-c2ccccc2)c(N)nn1C. The lowest BCUT2D eigenvalue weighted by Gasteiger charge is -2.20. The smallest absolute Gasteiger partial charge is 0.266 e. The van der Waals surface area contributed by atoms with Gasteiger partial charge in [0.05, 0.1) is 34.4 Å². The van der Waals surface area contributed by atoms with Crippen molar-refractivity contribution in [2.24, 2.45) is 14.1 Å². The van der Waals surface area contributed by atoms with Crippen LogP contribution in [-0.4, -0.2) is 47.3 Å². The summed E-state index contributed by atoms with van der Waals surface area (Å²) in [5.41, 5.74) is 7.89. The Bertz CT molecular complexity index is 1870. The van der Waals surface area contributed by atoms with Crippen molar-refractivity contribution in [3.05, 3.63) is 106 Å². The Morgan fingerprint density at radius 3 is 2.57 bits per heavy atom. The van der Waals surface area contributed by atoms with Crippen LogP contribution in [-0.2, 0) is 20.5 Å². The molecule has 0 bridgehead atoms. The molecule has 1 unspecified atom stereocenters. The number of ketones is 1. The van der Waals surface area contributed by atoms with Crippen LogP contribution >= 0.6 is 0 Å². The third-order valence-electron chi connectivity index (χ3n) is 6.85.